The summed E-state index contributed by atoms with van der Waals surface area (Å²) in [4.78, 5) is 14.2. The van der Waals surface area contributed by atoms with Crippen LogP contribution >= 0.6 is 11.6 Å². The molecule has 1 aromatic rings. The quantitative estimate of drug-likeness (QED) is 0.925. The van der Waals surface area contributed by atoms with E-state index in [1.54, 1.807) is 18.1 Å². The summed E-state index contributed by atoms with van der Waals surface area (Å²) >= 11 is 6.10. The van der Waals surface area contributed by atoms with Crippen molar-refractivity contribution in [2.24, 2.45) is 0 Å². The van der Waals surface area contributed by atoms with Crippen LogP contribution in [0, 0.1) is 6.92 Å². The fourth-order valence-electron chi connectivity index (χ4n) is 2.40. The van der Waals surface area contributed by atoms with E-state index in [0.29, 0.717) is 17.3 Å². The standard InChI is InChI=1S/C14H19ClN2O2/c1-9-7-12(13(19-3)8-10(9)15)17-6-4-5-11(16-2)14(17)18/h7-8,11,16H,4-6H2,1-3H3. The lowest BCUT2D eigenvalue weighted by atomic mass is 10.0. The van der Waals surface area contributed by atoms with Gasteiger partial charge in [-0.2, -0.15) is 0 Å². The molecule has 1 atom stereocenters. The summed E-state index contributed by atoms with van der Waals surface area (Å²) in [6.07, 6.45) is 1.85. The van der Waals surface area contributed by atoms with E-state index in [1.807, 2.05) is 20.0 Å². The summed E-state index contributed by atoms with van der Waals surface area (Å²) in [7, 11) is 3.41. The predicted octanol–water partition coefficient (Wildman–Crippen LogP) is 2.37. The number of methoxy groups -OCH3 is 1. The molecule has 4 nitrogen and oxygen atoms in total. The molecular formula is C14H19ClN2O2. The first-order valence-electron chi connectivity index (χ1n) is 6.41. The van der Waals surface area contributed by atoms with E-state index < -0.39 is 0 Å². The minimum atomic E-state index is -0.116. The number of likely N-dealkylation sites (N-methyl/N-ethyl adjacent to an activating group) is 1. The zero-order chi connectivity index (χ0) is 14.0. The second-order valence-corrected chi connectivity index (χ2v) is 5.15. The van der Waals surface area contributed by atoms with E-state index in [2.05, 4.69) is 5.32 Å². The van der Waals surface area contributed by atoms with Crippen LogP contribution in [0.3, 0.4) is 0 Å². The number of carbonyl (C=O) groups is 1. The molecule has 1 N–H and O–H groups in total. The average molecular weight is 283 g/mol. The third-order valence-electron chi connectivity index (χ3n) is 3.54. The van der Waals surface area contributed by atoms with Crippen LogP contribution in [-0.4, -0.2) is 32.7 Å². The maximum atomic E-state index is 12.4. The summed E-state index contributed by atoms with van der Waals surface area (Å²) in [6, 6.07) is 3.56. The molecule has 19 heavy (non-hydrogen) atoms. The van der Waals surface area contributed by atoms with Gasteiger partial charge in [0.15, 0.2) is 0 Å². The van der Waals surface area contributed by atoms with E-state index in [4.69, 9.17) is 16.3 Å². The number of amides is 1. The fraction of sp³-hybridized carbons (Fsp3) is 0.500. The van der Waals surface area contributed by atoms with Crippen molar-refractivity contribution in [1.29, 1.82) is 0 Å². The summed E-state index contributed by atoms with van der Waals surface area (Å²) in [5.41, 5.74) is 1.74. The molecule has 0 aromatic heterocycles. The van der Waals surface area contributed by atoms with Gasteiger partial charge in [0.2, 0.25) is 5.91 Å². The zero-order valence-corrected chi connectivity index (χ0v) is 12.3. The summed E-state index contributed by atoms with van der Waals surface area (Å²) in [6.45, 7) is 2.64. The van der Waals surface area contributed by atoms with Crippen molar-refractivity contribution >= 4 is 23.2 Å². The zero-order valence-electron chi connectivity index (χ0n) is 11.5. The van der Waals surface area contributed by atoms with Gasteiger partial charge in [0.25, 0.3) is 0 Å². The number of anilines is 1. The number of hydrogen-bond acceptors (Lipinski definition) is 3. The minimum Gasteiger partial charge on any atom is -0.495 e. The molecule has 0 spiro atoms. The number of nitrogens with zero attached hydrogens (tertiary/aromatic N) is 1. The third-order valence-corrected chi connectivity index (χ3v) is 3.95. The number of hydrogen-bond donors (Lipinski definition) is 1. The number of rotatable bonds is 3. The average Bonchev–Trinajstić information content (AvgIpc) is 2.42. The molecule has 0 saturated carbocycles. The Hall–Kier alpha value is -1.26. The van der Waals surface area contributed by atoms with Crippen LogP contribution in [0.4, 0.5) is 5.69 Å². The fourth-order valence-corrected chi connectivity index (χ4v) is 2.56. The van der Waals surface area contributed by atoms with Gasteiger partial charge in [-0.05, 0) is 38.4 Å². The van der Waals surface area contributed by atoms with Gasteiger partial charge in [0, 0.05) is 17.6 Å². The lowest BCUT2D eigenvalue weighted by molar-refractivity contribution is -0.121. The van der Waals surface area contributed by atoms with Gasteiger partial charge in [0.1, 0.15) is 5.75 Å². The molecule has 1 saturated heterocycles. The molecule has 1 aromatic carbocycles. The van der Waals surface area contributed by atoms with E-state index in [9.17, 15) is 4.79 Å². The van der Waals surface area contributed by atoms with E-state index in [1.165, 1.54) is 0 Å². The molecule has 1 heterocycles. The van der Waals surface area contributed by atoms with Crippen LogP contribution in [0.25, 0.3) is 0 Å². The highest BCUT2D eigenvalue weighted by molar-refractivity contribution is 6.31. The second-order valence-electron chi connectivity index (χ2n) is 4.75. The van der Waals surface area contributed by atoms with E-state index >= 15 is 0 Å². The number of carbonyl (C=O) groups excluding carboxylic acids is 1. The Bertz CT molecular complexity index is 491. The Kier molecular flexibility index (Phi) is 4.32. The number of ether oxygens (including phenoxy) is 1. The molecule has 2 rings (SSSR count). The Morgan fingerprint density at radius 3 is 2.84 bits per heavy atom. The van der Waals surface area contributed by atoms with Crippen LogP contribution in [0.2, 0.25) is 5.02 Å². The summed E-state index contributed by atoms with van der Waals surface area (Å²) < 4.78 is 5.35. The molecule has 5 heteroatoms. The molecule has 1 amide bonds. The first-order chi connectivity index (χ1) is 9.08. The lowest BCUT2D eigenvalue weighted by Gasteiger charge is -2.33. The van der Waals surface area contributed by atoms with Gasteiger partial charge in [-0.3, -0.25) is 4.79 Å². The Morgan fingerprint density at radius 2 is 2.21 bits per heavy atom. The predicted molar refractivity (Wildman–Crippen MR) is 77.2 cm³/mol. The van der Waals surface area contributed by atoms with E-state index in [-0.39, 0.29) is 11.9 Å². The molecule has 0 aliphatic carbocycles. The van der Waals surface area contributed by atoms with Crippen LogP contribution < -0.4 is 15.0 Å². The second kappa shape index (κ2) is 5.80. The third kappa shape index (κ3) is 2.69. The van der Waals surface area contributed by atoms with Gasteiger partial charge in [-0.15, -0.1) is 0 Å². The Morgan fingerprint density at radius 1 is 1.47 bits per heavy atom. The maximum absolute atomic E-state index is 12.4. The Labute approximate surface area is 118 Å². The van der Waals surface area contributed by atoms with Crippen LogP contribution in [0.5, 0.6) is 5.75 Å². The van der Waals surface area contributed by atoms with Gasteiger partial charge >= 0.3 is 0 Å². The van der Waals surface area contributed by atoms with E-state index in [0.717, 1.165) is 24.1 Å². The van der Waals surface area contributed by atoms with Crippen LogP contribution in [-0.2, 0) is 4.79 Å². The highest BCUT2D eigenvalue weighted by Gasteiger charge is 2.30. The molecule has 0 bridgehead atoms. The molecule has 104 valence electrons. The van der Waals surface area contributed by atoms with Crippen molar-refractivity contribution in [1.82, 2.24) is 5.32 Å². The smallest absolute Gasteiger partial charge is 0.244 e. The molecule has 1 aliphatic rings. The lowest BCUT2D eigenvalue weighted by Crippen LogP contribution is -2.49. The van der Waals surface area contributed by atoms with Gasteiger partial charge < -0.3 is 15.0 Å². The molecule has 1 unspecified atom stereocenters. The highest BCUT2D eigenvalue weighted by atomic mass is 35.5. The van der Waals surface area contributed by atoms with Crippen molar-refractivity contribution in [3.63, 3.8) is 0 Å². The molecule has 0 radical (unpaired) electrons. The molecule has 1 aliphatic heterocycles. The number of nitrogens with one attached hydrogen (secondary N) is 1. The van der Waals surface area contributed by atoms with Gasteiger partial charge in [0.05, 0.1) is 18.8 Å². The number of piperidine rings is 1. The van der Waals surface area contributed by atoms with Gasteiger partial charge in [-0.1, -0.05) is 11.6 Å². The largest absolute Gasteiger partial charge is 0.495 e. The summed E-state index contributed by atoms with van der Waals surface area (Å²) in [5, 5.41) is 3.71. The van der Waals surface area contributed by atoms with Crippen molar-refractivity contribution < 1.29 is 9.53 Å². The normalized spacial score (nSPS) is 19.7. The number of aryl methyl sites for hydroxylation is 1. The molecule has 1 fully saturated rings. The monoisotopic (exact) mass is 282 g/mol. The van der Waals surface area contributed by atoms with Crippen molar-refractivity contribution in [3.8, 4) is 5.75 Å². The van der Waals surface area contributed by atoms with Gasteiger partial charge in [-0.25, -0.2) is 0 Å². The molecular weight excluding hydrogens is 264 g/mol. The van der Waals surface area contributed by atoms with Crippen LogP contribution in [0.1, 0.15) is 18.4 Å². The minimum absolute atomic E-state index is 0.0915. The summed E-state index contributed by atoms with van der Waals surface area (Å²) in [5.74, 6) is 0.731. The Balaban J connectivity index is 2.40. The maximum Gasteiger partial charge on any atom is 0.244 e. The first kappa shape index (κ1) is 14.2. The topological polar surface area (TPSA) is 41.6 Å². The number of halogens is 1. The van der Waals surface area contributed by atoms with Crippen molar-refractivity contribution in [3.05, 3.63) is 22.7 Å². The van der Waals surface area contributed by atoms with Crippen molar-refractivity contribution in [2.75, 3.05) is 25.6 Å². The SMILES string of the molecule is CNC1CCCN(c2cc(C)c(Cl)cc2OC)C1=O. The first-order valence-corrected chi connectivity index (χ1v) is 6.79. The van der Waals surface area contributed by atoms with Crippen molar-refractivity contribution in [2.45, 2.75) is 25.8 Å². The number of benzene rings is 1. The highest BCUT2D eigenvalue weighted by Crippen LogP contribution is 2.35. The van der Waals surface area contributed by atoms with Crippen LogP contribution in [0.15, 0.2) is 12.1 Å².